The molecule has 0 unspecified atom stereocenters. The summed E-state index contributed by atoms with van der Waals surface area (Å²) in [6, 6.07) is 14.4. The van der Waals surface area contributed by atoms with Gasteiger partial charge in [-0.1, -0.05) is 29.8 Å². The summed E-state index contributed by atoms with van der Waals surface area (Å²) in [5.41, 5.74) is 3.73. The monoisotopic (exact) mass is 555 g/mol. The van der Waals surface area contributed by atoms with E-state index in [0.717, 1.165) is 36.8 Å². The summed E-state index contributed by atoms with van der Waals surface area (Å²) in [6.45, 7) is 2.76. The van der Waals surface area contributed by atoms with E-state index in [9.17, 15) is 18.0 Å². The van der Waals surface area contributed by atoms with E-state index in [-0.39, 0.29) is 23.0 Å². The molecular formula is C26H25N3O5S3. The van der Waals surface area contributed by atoms with Crippen LogP contribution in [0.3, 0.4) is 0 Å². The van der Waals surface area contributed by atoms with Gasteiger partial charge in [0.1, 0.15) is 10.0 Å². The number of methoxy groups -OCH3 is 1. The fourth-order valence-corrected chi connectivity index (χ4v) is 7.89. The Hall–Kier alpha value is -3.28. The van der Waals surface area contributed by atoms with E-state index in [1.165, 1.54) is 29.8 Å². The van der Waals surface area contributed by atoms with Crippen molar-refractivity contribution in [3.05, 3.63) is 64.5 Å². The zero-order chi connectivity index (χ0) is 26.2. The maximum absolute atomic E-state index is 13.0. The lowest BCUT2D eigenvalue weighted by molar-refractivity contribution is -0.115. The molecule has 0 bridgehead atoms. The fourth-order valence-electron chi connectivity index (χ4n) is 4.26. The van der Waals surface area contributed by atoms with Crippen molar-refractivity contribution >= 4 is 59.7 Å². The smallest absolute Gasteiger partial charge is 0.409 e. The van der Waals surface area contributed by atoms with Crippen molar-refractivity contribution in [2.24, 2.45) is 0 Å². The molecule has 4 aromatic rings. The molecule has 1 aliphatic rings. The number of thiophene rings is 1. The first-order chi connectivity index (χ1) is 17.7. The van der Waals surface area contributed by atoms with E-state index in [0.29, 0.717) is 24.5 Å². The van der Waals surface area contributed by atoms with Crippen molar-refractivity contribution in [3.63, 3.8) is 0 Å². The van der Waals surface area contributed by atoms with Gasteiger partial charge in [-0.2, -0.15) is 0 Å². The number of aryl methyl sites for hydroxylation is 1. The molecule has 3 heterocycles. The molecule has 5 rings (SSSR count). The minimum Gasteiger partial charge on any atom is -0.453 e. The van der Waals surface area contributed by atoms with Gasteiger partial charge in [-0.25, -0.2) is 18.2 Å². The molecule has 0 saturated carbocycles. The third-order valence-corrected chi connectivity index (χ3v) is 10.1. The summed E-state index contributed by atoms with van der Waals surface area (Å²) in [7, 11) is -2.24. The number of aromatic nitrogens is 1. The number of sulfone groups is 1. The summed E-state index contributed by atoms with van der Waals surface area (Å²) in [5.74, 6) is -0.680. The zero-order valence-electron chi connectivity index (χ0n) is 20.3. The zero-order valence-corrected chi connectivity index (χ0v) is 22.8. The summed E-state index contributed by atoms with van der Waals surface area (Å²) >= 11 is 2.93. The van der Waals surface area contributed by atoms with Crippen LogP contribution in [0.1, 0.15) is 22.4 Å². The Labute approximate surface area is 222 Å². The molecule has 0 saturated heterocycles. The van der Waals surface area contributed by atoms with E-state index < -0.39 is 15.9 Å². The van der Waals surface area contributed by atoms with Crippen LogP contribution in [0.15, 0.2) is 53.4 Å². The minimum atomic E-state index is -3.59. The molecule has 0 radical (unpaired) electrons. The van der Waals surface area contributed by atoms with Crippen molar-refractivity contribution < 1.29 is 22.7 Å². The third kappa shape index (κ3) is 5.25. The number of para-hydroxylation sites is 1. The first-order valence-corrected chi connectivity index (χ1v) is 15.0. The molecular weight excluding hydrogens is 531 g/mol. The quantitative estimate of drug-likeness (QED) is 0.348. The van der Waals surface area contributed by atoms with Gasteiger partial charge in [0.25, 0.3) is 0 Å². The van der Waals surface area contributed by atoms with Crippen LogP contribution in [-0.2, 0) is 32.3 Å². The highest BCUT2D eigenvalue weighted by Crippen LogP contribution is 2.45. The van der Waals surface area contributed by atoms with Crippen LogP contribution in [0.2, 0.25) is 0 Å². The lowest BCUT2D eigenvalue weighted by Crippen LogP contribution is -2.35. The standard InChI is InChI=1S/C26H25N3O5S3/c1-16-7-9-17(10-8-16)37(32,33)14-12-22(30)28-25-23(24-27-19-5-3-4-6-20(19)35-24)18-11-13-29(26(31)34-2)15-21(18)36-25/h3-10H,11-15H2,1-2H3,(H,28,30). The number of hydrogen-bond donors (Lipinski definition) is 1. The molecule has 0 spiro atoms. The van der Waals surface area contributed by atoms with Crippen molar-refractivity contribution in [1.29, 1.82) is 0 Å². The molecule has 11 heteroatoms. The molecule has 2 amide bonds. The van der Waals surface area contributed by atoms with Crippen molar-refractivity contribution in [3.8, 4) is 10.6 Å². The lowest BCUT2D eigenvalue weighted by atomic mass is 10.0. The van der Waals surface area contributed by atoms with Gasteiger partial charge >= 0.3 is 6.09 Å². The molecule has 2 aromatic heterocycles. The Morgan fingerprint density at radius 1 is 1.11 bits per heavy atom. The van der Waals surface area contributed by atoms with Gasteiger partial charge in [0, 0.05) is 23.4 Å². The average Bonchev–Trinajstić information content (AvgIpc) is 3.47. The van der Waals surface area contributed by atoms with Crippen LogP contribution in [0.5, 0.6) is 0 Å². The second kappa shape index (κ2) is 10.2. The molecule has 8 nitrogen and oxygen atoms in total. The Morgan fingerprint density at radius 3 is 2.59 bits per heavy atom. The van der Waals surface area contributed by atoms with E-state index >= 15 is 0 Å². The molecule has 1 N–H and O–H groups in total. The minimum absolute atomic E-state index is 0.174. The number of thiazole rings is 1. The predicted molar refractivity (Wildman–Crippen MR) is 146 cm³/mol. The number of fused-ring (bicyclic) bond motifs is 2. The summed E-state index contributed by atoms with van der Waals surface area (Å²) in [5, 5.41) is 4.35. The number of anilines is 1. The number of carbonyl (C=O) groups is 2. The van der Waals surface area contributed by atoms with Crippen LogP contribution >= 0.6 is 22.7 Å². The van der Waals surface area contributed by atoms with Crippen LogP contribution in [0.4, 0.5) is 9.80 Å². The summed E-state index contributed by atoms with van der Waals surface area (Å²) in [6.07, 6.45) is 0.0310. The van der Waals surface area contributed by atoms with Gasteiger partial charge in [0.05, 0.1) is 34.5 Å². The highest BCUT2D eigenvalue weighted by molar-refractivity contribution is 7.91. The van der Waals surface area contributed by atoms with E-state index in [4.69, 9.17) is 9.72 Å². The summed E-state index contributed by atoms with van der Waals surface area (Å²) < 4.78 is 31.4. The van der Waals surface area contributed by atoms with Crippen LogP contribution < -0.4 is 5.32 Å². The first kappa shape index (κ1) is 25.4. The molecule has 1 aliphatic heterocycles. The molecule has 2 aromatic carbocycles. The predicted octanol–water partition coefficient (Wildman–Crippen LogP) is 5.26. The summed E-state index contributed by atoms with van der Waals surface area (Å²) in [4.78, 5) is 32.7. The topological polar surface area (TPSA) is 106 Å². The Morgan fingerprint density at radius 2 is 1.86 bits per heavy atom. The molecule has 37 heavy (non-hydrogen) atoms. The van der Waals surface area contributed by atoms with Crippen molar-refractivity contribution in [2.45, 2.75) is 31.2 Å². The number of rotatable bonds is 6. The van der Waals surface area contributed by atoms with Crippen LogP contribution in [0.25, 0.3) is 20.8 Å². The molecule has 0 fully saturated rings. The fraction of sp³-hybridized carbons (Fsp3) is 0.269. The number of nitrogens with one attached hydrogen (secondary N) is 1. The van der Waals surface area contributed by atoms with Crippen LogP contribution in [-0.4, -0.2) is 49.7 Å². The molecule has 192 valence electrons. The Balaban J connectivity index is 1.42. The van der Waals surface area contributed by atoms with Crippen molar-refractivity contribution in [1.82, 2.24) is 9.88 Å². The maximum atomic E-state index is 13.0. The van der Waals surface area contributed by atoms with Gasteiger partial charge in [-0.3, -0.25) is 4.79 Å². The van der Waals surface area contributed by atoms with E-state index in [1.54, 1.807) is 29.2 Å². The number of ether oxygens (including phenoxy) is 1. The first-order valence-electron chi connectivity index (χ1n) is 11.7. The highest BCUT2D eigenvalue weighted by Gasteiger charge is 2.30. The van der Waals surface area contributed by atoms with E-state index in [1.807, 2.05) is 31.2 Å². The number of nitrogens with zero attached hydrogens (tertiary/aromatic N) is 2. The Kier molecular flexibility index (Phi) is 7.02. The maximum Gasteiger partial charge on any atom is 0.409 e. The number of benzene rings is 2. The lowest BCUT2D eigenvalue weighted by Gasteiger charge is -2.25. The van der Waals surface area contributed by atoms with Crippen molar-refractivity contribution in [2.75, 3.05) is 24.7 Å². The van der Waals surface area contributed by atoms with Crippen LogP contribution in [0, 0.1) is 6.92 Å². The van der Waals surface area contributed by atoms with Gasteiger partial charge in [-0.05, 0) is 43.2 Å². The number of amides is 2. The van der Waals surface area contributed by atoms with Gasteiger partial charge in [-0.15, -0.1) is 22.7 Å². The SMILES string of the molecule is COC(=O)N1CCc2c(sc(NC(=O)CCS(=O)(=O)c3ccc(C)cc3)c2-c2nc3ccccc3s2)C1. The second-order valence-corrected chi connectivity index (χ2v) is 13.0. The largest absolute Gasteiger partial charge is 0.453 e. The number of hydrogen-bond acceptors (Lipinski definition) is 8. The highest BCUT2D eigenvalue weighted by atomic mass is 32.2. The Bertz CT molecular complexity index is 1560. The van der Waals surface area contributed by atoms with Gasteiger partial charge in [0.2, 0.25) is 5.91 Å². The normalized spacial score (nSPS) is 13.4. The van der Waals surface area contributed by atoms with E-state index in [2.05, 4.69) is 5.32 Å². The third-order valence-electron chi connectivity index (χ3n) is 6.23. The molecule has 0 aliphatic carbocycles. The van der Waals surface area contributed by atoms with Gasteiger partial charge in [0.15, 0.2) is 9.84 Å². The molecule has 0 atom stereocenters. The second-order valence-electron chi connectivity index (χ2n) is 8.77. The number of carbonyl (C=O) groups excluding carboxylic acids is 2. The average molecular weight is 556 g/mol. The van der Waals surface area contributed by atoms with Gasteiger partial charge < -0.3 is 15.0 Å².